The highest BCUT2D eigenvalue weighted by Gasteiger charge is 2.46. The molecular formula is C28H33N7O. The third-order valence-electron chi connectivity index (χ3n) is 6.72. The molecule has 3 heterocycles. The Bertz CT molecular complexity index is 1310. The SMILES string of the molecule is C=CCNC(=O)c1cnc(Nc2ccc3c(c2)C2(CC2)NCC3)nc1Nc1ccnc(C(C)(C)C)c1. The van der Waals surface area contributed by atoms with E-state index >= 15 is 0 Å². The fourth-order valence-corrected chi connectivity index (χ4v) is 4.57. The Balaban J connectivity index is 1.45. The number of pyridine rings is 1. The summed E-state index contributed by atoms with van der Waals surface area (Å²) in [5, 5.41) is 13.1. The molecule has 2 aliphatic rings. The zero-order valence-electron chi connectivity index (χ0n) is 21.1. The summed E-state index contributed by atoms with van der Waals surface area (Å²) in [5.74, 6) is 0.555. The molecule has 0 bridgehead atoms. The molecule has 1 aromatic carbocycles. The van der Waals surface area contributed by atoms with E-state index in [2.05, 4.69) is 76.8 Å². The van der Waals surface area contributed by atoms with Crippen molar-refractivity contribution in [2.45, 2.75) is 51.0 Å². The van der Waals surface area contributed by atoms with Crippen molar-refractivity contribution >= 4 is 29.0 Å². The zero-order chi connectivity index (χ0) is 25.3. The van der Waals surface area contributed by atoms with E-state index < -0.39 is 0 Å². The van der Waals surface area contributed by atoms with E-state index in [4.69, 9.17) is 4.98 Å². The van der Waals surface area contributed by atoms with Gasteiger partial charge in [-0.25, -0.2) is 4.98 Å². The Kier molecular flexibility index (Phi) is 6.22. The van der Waals surface area contributed by atoms with Crippen LogP contribution in [0.4, 0.5) is 23.1 Å². The van der Waals surface area contributed by atoms with E-state index in [-0.39, 0.29) is 16.9 Å². The summed E-state index contributed by atoms with van der Waals surface area (Å²) in [6.45, 7) is 11.4. The van der Waals surface area contributed by atoms with Crippen LogP contribution < -0.4 is 21.3 Å². The second kappa shape index (κ2) is 9.35. The average Bonchev–Trinajstić information content (AvgIpc) is 3.63. The molecule has 8 heteroatoms. The lowest BCUT2D eigenvalue weighted by atomic mass is 9.91. The van der Waals surface area contributed by atoms with Crippen LogP contribution in [0.25, 0.3) is 0 Å². The summed E-state index contributed by atoms with van der Waals surface area (Å²) in [5.41, 5.74) is 5.81. The largest absolute Gasteiger partial charge is 0.348 e. The van der Waals surface area contributed by atoms with Gasteiger partial charge in [0.05, 0.1) is 0 Å². The first-order chi connectivity index (χ1) is 17.3. The van der Waals surface area contributed by atoms with E-state index in [0.29, 0.717) is 23.9 Å². The number of carbonyl (C=O) groups is 1. The van der Waals surface area contributed by atoms with Crippen LogP contribution in [0.15, 0.2) is 55.4 Å². The molecule has 186 valence electrons. The lowest BCUT2D eigenvalue weighted by Crippen LogP contribution is -2.36. The highest BCUT2D eigenvalue weighted by atomic mass is 16.1. The molecular weight excluding hydrogens is 450 g/mol. The van der Waals surface area contributed by atoms with Crippen molar-refractivity contribution in [3.8, 4) is 0 Å². The van der Waals surface area contributed by atoms with E-state index in [0.717, 1.165) is 30.0 Å². The van der Waals surface area contributed by atoms with Gasteiger partial charge in [0.25, 0.3) is 5.91 Å². The zero-order valence-corrected chi connectivity index (χ0v) is 21.1. The number of aromatic nitrogens is 3. The van der Waals surface area contributed by atoms with Gasteiger partial charge in [-0.05, 0) is 54.7 Å². The predicted molar refractivity (Wildman–Crippen MR) is 143 cm³/mol. The fraction of sp³-hybridized carbons (Fsp3) is 0.357. The molecule has 3 aromatic rings. The van der Waals surface area contributed by atoms with Gasteiger partial charge >= 0.3 is 0 Å². The smallest absolute Gasteiger partial charge is 0.256 e. The second-order valence-electron chi connectivity index (χ2n) is 10.5. The third kappa shape index (κ3) is 4.95. The summed E-state index contributed by atoms with van der Waals surface area (Å²) in [6.07, 6.45) is 8.33. The van der Waals surface area contributed by atoms with Crippen molar-refractivity contribution < 1.29 is 4.79 Å². The predicted octanol–water partition coefficient (Wildman–Crippen LogP) is 4.71. The van der Waals surface area contributed by atoms with Gasteiger partial charge in [0.15, 0.2) is 0 Å². The quantitative estimate of drug-likeness (QED) is 0.361. The fourth-order valence-electron chi connectivity index (χ4n) is 4.57. The molecule has 1 fully saturated rings. The van der Waals surface area contributed by atoms with Crippen molar-refractivity contribution in [1.82, 2.24) is 25.6 Å². The van der Waals surface area contributed by atoms with Crippen molar-refractivity contribution in [2.24, 2.45) is 0 Å². The van der Waals surface area contributed by atoms with Gasteiger partial charge in [0.2, 0.25) is 5.95 Å². The molecule has 0 atom stereocenters. The number of nitrogens with one attached hydrogen (secondary N) is 4. The van der Waals surface area contributed by atoms with Gasteiger partial charge in [0.1, 0.15) is 11.4 Å². The van der Waals surface area contributed by atoms with Crippen LogP contribution in [0.5, 0.6) is 0 Å². The molecule has 0 radical (unpaired) electrons. The second-order valence-corrected chi connectivity index (χ2v) is 10.5. The number of fused-ring (bicyclic) bond motifs is 2. The first-order valence-electron chi connectivity index (χ1n) is 12.4. The molecule has 5 rings (SSSR count). The molecule has 0 unspecified atom stereocenters. The van der Waals surface area contributed by atoms with Crippen LogP contribution in [0.1, 0.15) is 60.8 Å². The Morgan fingerprint density at radius 1 is 1.14 bits per heavy atom. The molecule has 1 aliphatic carbocycles. The van der Waals surface area contributed by atoms with E-state index in [1.54, 1.807) is 18.5 Å². The summed E-state index contributed by atoms with van der Waals surface area (Å²) < 4.78 is 0. The maximum Gasteiger partial charge on any atom is 0.256 e. The van der Waals surface area contributed by atoms with Gasteiger partial charge in [-0.15, -0.1) is 6.58 Å². The van der Waals surface area contributed by atoms with Crippen LogP contribution in [0.3, 0.4) is 0 Å². The molecule has 1 saturated carbocycles. The highest BCUT2D eigenvalue weighted by molar-refractivity contribution is 5.99. The van der Waals surface area contributed by atoms with Crippen LogP contribution in [-0.2, 0) is 17.4 Å². The van der Waals surface area contributed by atoms with Gasteiger partial charge in [-0.1, -0.05) is 32.9 Å². The Hall–Kier alpha value is -3.78. The maximum absolute atomic E-state index is 12.8. The average molecular weight is 484 g/mol. The molecule has 36 heavy (non-hydrogen) atoms. The number of hydrogen-bond donors (Lipinski definition) is 4. The molecule has 4 N–H and O–H groups in total. The Morgan fingerprint density at radius 3 is 2.69 bits per heavy atom. The number of rotatable bonds is 7. The number of amides is 1. The lowest BCUT2D eigenvalue weighted by Gasteiger charge is -2.27. The van der Waals surface area contributed by atoms with Crippen LogP contribution in [-0.4, -0.2) is 33.9 Å². The van der Waals surface area contributed by atoms with Crippen LogP contribution in [0.2, 0.25) is 0 Å². The monoisotopic (exact) mass is 483 g/mol. The van der Waals surface area contributed by atoms with Crippen LogP contribution in [0, 0.1) is 0 Å². The summed E-state index contributed by atoms with van der Waals surface area (Å²) in [6, 6.07) is 10.3. The van der Waals surface area contributed by atoms with Gasteiger partial charge in [-0.3, -0.25) is 9.78 Å². The maximum atomic E-state index is 12.8. The minimum atomic E-state index is -0.274. The normalized spacial score (nSPS) is 15.6. The van der Waals surface area contributed by atoms with Crippen molar-refractivity contribution in [3.63, 3.8) is 0 Å². The highest BCUT2D eigenvalue weighted by Crippen LogP contribution is 2.49. The number of nitrogens with zero attached hydrogens (tertiary/aromatic N) is 3. The Labute approximate surface area is 212 Å². The lowest BCUT2D eigenvalue weighted by molar-refractivity contribution is 0.0958. The molecule has 1 aliphatic heterocycles. The van der Waals surface area contributed by atoms with E-state index in [1.807, 2.05) is 12.1 Å². The van der Waals surface area contributed by atoms with Gasteiger partial charge < -0.3 is 21.3 Å². The molecule has 0 saturated heterocycles. The van der Waals surface area contributed by atoms with Crippen molar-refractivity contribution in [3.05, 3.63) is 77.8 Å². The van der Waals surface area contributed by atoms with E-state index in [9.17, 15) is 4.79 Å². The first-order valence-corrected chi connectivity index (χ1v) is 12.4. The number of carbonyl (C=O) groups excluding carboxylic acids is 1. The van der Waals surface area contributed by atoms with Gasteiger partial charge in [0, 0.05) is 53.5 Å². The number of benzene rings is 1. The standard InChI is InChI=1S/C28H33N7O/c1-5-12-30-25(36)21-17-31-26(35-24(21)33-20-9-13-29-23(16-20)27(2,3)4)34-19-7-6-18-8-14-32-28(10-11-28)22(18)15-19/h5-7,9,13,15-17,32H,1,8,10-12,14H2,2-4H3,(H,30,36)(H2,29,31,33,34,35). The summed E-state index contributed by atoms with van der Waals surface area (Å²) in [7, 11) is 0. The van der Waals surface area contributed by atoms with Crippen molar-refractivity contribution in [1.29, 1.82) is 0 Å². The summed E-state index contributed by atoms with van der Waals surface area (Å²) in [4.78, 5) is 26.5. The molecule has 1 spiro atoms. The molecule has 8 nitrogen and oxygen atoms in total. The van der Waals surface area contributed by atoms with Crippen LogP contribution >= 0.6 is 0 Å². The topological polar surface area (TPSA) is 104 Å². The summed E-state index contributed by atoms with van der Waals surface area (Å²) >= 11 is 0. The third-order valence-corrected chi connectivity index (χ3v) is 6.72. The minimum Gasteiger partial charge on any atom is -0.348 e. The number of hydrogen-bond acceptors (Lipinski definition) is 7. The van der Waals surface area contributed by atoms with Gasteiger partial charge in [-0.2, -0.15) is 4.98 Å². The molecule has 1 amide bonds. The number of anilines is 4. The Morgan fingerprint density at radius 2 is 1.94 bits per heavy atom. The van der Waals surface area contributed by atoms with Crippen molar-refractivity contribution in [2.75, 3.05) is 23.7 Å². The molecule has 2 aromatic heterocycles. The van der Waals surface area contributed by atoms with E-state index in [1.165, 1.54) is 24.0 Å². The minimum absolute atomic E-state index is 0.111. The first kappa shape index (κ1) is 23.9.